The van der Waals surface area contributed by atoms with E-state index in [1.165, 1.54) is 64.0 Å². The van der Waals surface area contributed by atoms with Crippen molar-refractivity contribution >= 4 is 26.4 Å². The van der Waals surface area contributed by atoms with Gasteiger partial charge in [-0.3, -0.25) is 0 Å². The van der Waals surface area contributed by atoms with E-state index in [0.29, 0.717) is 0 Å². The minimum Gasteiger partial charge on any atom is -0.377 e. The Morgan fingerprint density at radius 2 is 0.720 bits per heavy atom. The number of hydrogen-bond donors (Lipinski definition) is 1. The van der Waals surface area contributed by atoms with Crippen molar-refractivity contribution in [2.45, 2.75) is 10.7 Å². The van der Waals surface area contributed by atoms with E-state index >= 15 is 0 Å². The van der Waals surface area contributed by atoms with Crippen LogP contribution in [0.25, 0.3) is 0 Å². The first-order chi connectivity index (χ1) is 11.9. The summed E-state index contributed by atoms with van der Waals surface area (Å²) in [7, 11) is 2.43. The number of rotatable bonds is 14. The van der Waals surface area contributed by atoms with E-state index in [-0.39, 0.29) is 13.0 Å². The zero-order valence-electron chi connectivity index (χ0n) is 16.7. The Morgan fingerprint density at radius 1 is 0.520 bits per heavy atom. The molecule has 0 rings (SSSR count). The van der Waals surface area contributed by atoms with Crippen molar-refractivity contribution in [3.8, 4) is 0 Å². The third-order valence-electron chi connectivity index (χ3n) is 4.51. The Labute approximate surface area is 153 Å². The lowest BCUT2D eigenvalue weighted by molar-refractivity contribution is 0.0301. The molecular formula is C12H33NO9Si3. The standard InChI is InChI=1S/C12H33NO9Si3/c1-14-23(15-2,16-3)12(10-11-13,24(17-4,18-5)19-6)25(20-7,21-8)22-9/h10-11,13H2,1-9H3. The summed E-state index contributed by atoms with van der Waals surface area (Å²) in [5.74, 6) is 0. The molecule has 2 N–H and O–H groups in total. The zero-order chi connectivity index (χ0) is 19.8. The van der Waals surface area contributed by atoms with Gasteiger partial charge in [0.25, 0.3) is 0 Å². The highest BCUT2D eigenvalue weighted by Gasteiger charge is 2.88. The molecule has 0 saturated heterocycles. The summed E-state index contributed by atoms with van der Waals surface area (Å²) in [4.78, 5) is 0. The summed E-state index contributed by atoms with van der Waals surface area (Å²) in [5.41, 5.74) is 5.96. The van der Waals surface area contributed by atoms with Gasteiger partial charge in [0.1, 0.15) is 0 Å². The van der Waals surface area contributed by atoms with E-state index in [1.54, 1.807) is 0 Å². The van der Waals surface area contributed by atoms with Crippen LogP contribution >= 0.6 is 0 Å². The molecule has 13 heteroatoms. The van der Waals surface area contributed by atoms with Gasteiger partial charge in [0.15, 0.2) is 4.28 Å². The highest BCUT2D eigenvalue weighted by atomic mass is 28.5. The van der Waals surface area contributed by atoms with Crippen LogP contribution in [0.1, 0.15) is 6.42 Å². The van der Waals surface area contributed by atoms with Gasteiger partial charge in [-0.2, -0.15) is 0 Å². The third kappa shape index (κ3) is 3.54. The Morgan fingerprint density at radius 3 is 0.840 bits per heavy atom. The molecule has 0 fully saturated rings. The second-order valence-corrected chi connectivity index (χ2v) is 16.0. The highest BCUT2D eigenvalue weighted by Crippen LogP contribution is 2.57. The Bertz CT molecular complexity index is 304. The molecule has 0 bridgehead atoms. The van der Waals surface area contributed by atoms with Crippen LogP contribution in [0.5, 0.6) is 0 Å². The van der Waals surface area contributed by atoms with Crippen LogP contribution < -0.4 is 5.73 Å². The molecule has 0 spiro atoms. The molecule has 0 atom stereocenters. The lowest BCUT2D eigenvalue weighted by Gasteiger charge is -2.53. The van der Waals surface area contributed by atoms with E-state index in [4.69, 9.17) is 45.6 Å². The maximum atomic E-state index is 5.96. The molecule has 0 aromatic rings. The molecule has 0 aliphatic carbocycles. The van der Waals surface area contributed by atoms with E-state index in [9.17, 15) is 0 Å². The molecule has 0 aromatic heterocycles. The first-order valence-electron chi connectivity index (χ1n) is 7.52. The molecule has 10 nitrogen and oxygen atoms in total. The van der Waals surface area contributed by atoms with Crippen molar-refractivity contribution in [1.29, 1.82) is 0 Å². The van der Waals surface area contributed by atoms with Crippen LogP contribution in [-0.2, 0) is 39.8 Å². The molecule has 0 aliphatic rings. The van der Waals surface area contributed by atoms with Gasteiger partial charge in [-0.15, -0.1) is 0 Å². The van der Waals surface area contributed by atoms with Crippen LogP contribution in [0.2, 0.25) is 4.28 Å². The average molecular weight is 420 g/mol. The van der Waals surface area contributed by atoms with E-state index < -0.39 is 30.7 Å². The first kappa shape index (κ1) is 25.3. The maximum Gasteiger partial charge on any atom is 0.516 e. The second-order valence-electron chi connectivity index (χ2n) is 4.95. The predicted molar refractivity (Wildman–Crippen MR) is 96.7 cm³/mol. The Balaban J connectivity index is 7.24. The number of hydrogen-bond acceptors (Lipinski definition) is 10. The monoisotopic (exact) mass is 419 g/mol. The van der Waals surface area contributed by atoms with Gasteiger partial charge in [0, 0.05) is 64.0 Å². The van der Waals surface area contributed by atoms with Crippen molar-refractivity contribution in [2.75, 3.05) is 70.5 Å². The van der Waals surface area contributed by atoms with Crippen molar-refractivity contribution in [3.05, 3.63) is 0 Å². The average Bonchev–Trinajstić information content (AvgIpc) is 2.67. The van der Waals surface area contributed by atoms with Gasteiger partial charge in [0.2, 0.25) is 0 Å². The summed E-state index contributed by atoms with van der Waals surface area (Å²) in [6.07, 6.45) is 0.248. The van der Waals surface area contributed by atoms with Gasteiger partial charge in [-0.25, -0.2) is 0 Å². The summed E-state index contributed by atoms with van der Waals surface area (Å²) in [5, 5.41) is 0. The lowest BCUT2D eigenvalue weighted by atomic mass is 10.5. The minimum atomic E-state index is -3.62. The molecule has 0 aliphatic heterocycles. The highest BCUT2D eigenvalue weighted by molar-refractivity contribution is 7.02. The van der Waals surface area contributed by atoms with Crippen LogP contribution in [0.4, 0.5) is 0 Å². The molecule has 0 amide bonds. The quantitative estimate of drug-likeness (QED) is 0.380. The zero-order valence-corrected chi connectivity index (χ0v) is 19.7. The third-order valence-corrected chi connectivity index (χ3v) is 18.7. The Kier molecular flexibility index (Phi) is 10.7. The van der Waals surface area contributed by atoms with E-state index in [1.807, 2.05) is 0 Å². The molecular weight excluding hydrogens is 386 g/mol. The largest absolute Gasteiger partial charge is 0.516 e. The first-order valence-corrected chi connectivity index (χ1v) is 12.7. The molecule has 0 unspecified atom stereocenters. The van der Waals surface area contributed by atoms with Gasteiger partial charge < -0.3 is 45.6 Å². The number of nitrogens with two attached hydrogens (primary N) is 1. The fourth-order valence-corrected chi connectivity index (χ4v) is 19.6. The predicted octanol–water partition coefficient (Wildman–Crippen LogP) is -0.212. The maximum absolute atomic E-state index is 5.96. The second kappa shape index (κ2) is 10.6. The van der Waals surface area contributed by atoms with Gasteiger partial charge in [0.05, 0.1) is 0 Å². The molecule has 152 valence electrons. The smallest absolute Gasteiger partial charge is 0.377 e. The van der Waals surface area contributed by atoms with Crippen molar-refractivity contribution < 1.29 is 39.8 Å². The fourth-order valence-electron chi connectivity index (χ4n) is 3.56. The Hall–Kier alpha value is 0.251. The summed E-state index contributed by atoms with van der Waals surface area (Å²) in [6.45, 7) is 0.209. The summed E-state index contributed by atoms with van der Waals surface area (Å²) < 4.78 is 51.0. The van der Waals surface area contributed by atoms with Crippen molar-refractivity contribution in [3.63, 3.8) is 0 Å². The van der Waals surface area contributed by atoms with Gasteiger partial charge in [-0.05, 0) is 13.0 Å². The van der Waals surface area contributed by atoms with Crippen LogP contribution in [0.3, 0.4) is 0 Å². The van der Waals surface area contributed by atoms with Crippen molar-refractivity contribution in [1.82, 2.24) is 0 Å². The van der Waals surface area contributed by atoms with Gasteiger partial charge in [-0.1, -0.05) is 0 Å². The van der Waals surface area contributed by atoms with Crippen LogP contribution in [0, 0.1) is 0 Å². The normalized spacial score (nSPS) is 14.2. The molecule has 0 saturated carbocycles. The lowest BCUT2D eigenvalue weighted by Crippen LogP contribution is -2.80. The van der Waals surface area contributed by atoms with E-state index in [0.717, 1.165) is 0 Å². The van der Waals surface area contributed by atoms with Gasteiger partial charge >= 0.3 is 26.4 Å². The molecule has 25 heavy (non-hydrogen) atoms. The minimum absolute atomic E-state index is 0.209. The molecule has 0 aromatic carbocycles. The van der Waals surface area contributed by atoms with E-state index in [2.05, 4.69) is 0 Å². The SMILES string of the molecule is CO[Si](OC)(OC)C(CCN)([Si](OC)(OC)OC)[Si](OC)(OC)OC. The van der Waals surface area contributed by atoms with Crippen LogP contribution in [-0.4, -0.2) is 96.9 Å². The summed E-state index contributed by atoms with van der Waals surface area (Å²) >= 11 is 0. The van der Waals surface area contributed by atoms with Crippen LogP contribution in [0.15, 0.2) is 0 Å². The molecule has 0 radical (unpaired) electrons. The fraction of sp³-hybridized carbons (Fsp3) is 1.00. The van der Waals surface area contributed by atoms with Crippen molar-refractivity contribution in [2.24, 2.45) is 5.73 Å². The molecule has 0 heterocycles. The summed E-state index contributed by atoms with van der Waals surface area (Å²) in [6, 6.07) is 0. The topological polar surface area (TPSA) is 109 Å².